The molecule has 1 atom stereocenters. The highest BCUT2D eigenvalue weighted by Crippen LogP contribution is 2.16. The van der Waals surface area contributed by atoms with E-state index in [1.807, 2.05) is 42.5 Å². The van der Waals surface area contributed by atoms with Crippen molar-refractivity contribution >= 4 is 10.7 Å². The van der Waals surface area contributed by atoms with Crippen LogP contribution >= 0.6 is 0 Å². The van der Waals surface area contributed by atoms with Crippen molar-refractivity contribution in [1.82, 2.24) is 0 Å². The van der Waals surface area contributed by atoms with Crippen LogP contribution in [0.15, 0.2) is 63.1 Å². The third-order valence-corrected chi connectivity index (χ3v) is 3.05. The number of rotatable bonds is 2. The van der Waals surface area contributed by atoms with E-state index in [0.717, 1.165) is 4.90 Å². The summed E-state index contributed by atoms with van der Waals surface area (Å²) in [4.78, 5) is 0.984. The van der Waals surface area contributed by atoms with Crippen molar-refractivity contribution in [3.8, 4) is 0 Å². The molecular formula is C10H9NOS. The van der Waals surface area contributed by atoms with Gasteiger partial charge in [0.1, 0.15) is 0 Å². The van der Waals surface area contributed by atoms with Gasteiger partial charge in [0.05, 0.1) is 6.26 Å². The van der Waals surface area contributed by atoms with E-state index in [9.17, 15) is 0 Å². The Labute approximate surface area is 79.1 Å². The van der Waals surface area contributed by atoms with Gasteiger partial charge >= 0.3 is 0 Å². The minimum absolute atomic E-state index is 0.682. The second kappa shape index (κ2) is 3.58. The third kappa shape index (κ3) is 1.70. The number of benzene rings is 1. The van der Waals surface area contributed by atoms with Gasteiger partial charge in [-0.1, -0.05) is 18.2 Å². The molecule has 0 saturated carbocycles. The molecule has 0 aliphatic heterocycles. The molecule has 0 saturated heterocycles. The third-order valence-electron chi connectivity index (χ3n) is 1.68. The summed E-state index contributed by atoms with van der Waals surface area (Å²) in [6, 6.07) is 13.4. The van der Waals surface area contributed by atoms with Gasteiger partial charge in [-0.15, -0.1) is 0 Å². The van der Waals surface area contributed by atoms with E-state index in [0.29, 0.717) is 5.09 Å². The normalized spacial score (nSPS) is 12.6. The van der Waals surface area contributed by atoms with E-state index in [1.165, 1.54) is 0 Å². The zero-order valence-corrected chi connectivity index (χ0v) is 7.75. The average molecular weight is 191 g/mol. The minimum Gasteiger partial charge on any atom is -0.457 e. The Balaban J connectivity index is 2.34. The van der Waals surface area contributed by atoms with Gasteiger partial charge < -0.3 is 4.42 Å². The molecule has 66 valence electrons. The highest BCUT2D eigenvalue weighted by Gasteiger charge is 2.03. The Kier molecular flexibility index (Phi) is 2.27. The highest BCUT2D eigenvalue weighted by atomic mass is 32.2. The van der Waals surface area contributed by atoms with Crippen LogP contribution in [-0.4, -0.2) is 0 Å². The smallest absolute Gasteiger partial charge is 0.174 e. The molecule has 1 aromatic heterocycles. The molecule has 0 amide bonds. The molecule has 1 heterocycles. The SMILES string of the molecule is N=S(c1ccccc1)c1ccco1. The van der Waals surface area contributed by atoms with Gasteiger partial charge in [-0.2, -0.15) is 0 Å². The van der Waals surface area contributed by atoms with Crippen molar-refractivity contribution < 1.29 is 4.42 Å². The van der Waals surface area contributed by atoms with Crippen molar-refractivity contribution in [2.75, 3.05) is 0 Å². The predicted octanol–water partition coefficient (Wildman–Crippen LogP) is 3.08. The fourth-order valence-electron chi connectivity index (χ4n) is 1.05. The minimum atomic E-state index is -0.682. The van der Waals surface area contributed by atoms with Gasteiger partial charge in [-0.25, -0.2) is 0 Å². The summed E-state index contributed by atoms with van der Waals surface area (Å²) in [5.41, 5.74) is 0. The van der Waals surface area contributed by atoms with Crippen LogP contribution in [0.2, 0.25) is 0 Å². The Hall–Kier alpha value is -1.35. The summed E-state index contributed by atoms with van der Waals surface area (Å²) in [6.45, 7) is 0. The van der Waals surface area contributed by atoms with E-state index in [2.05, 4.69) is 0 Å². The lowest BCUT2D eigenvalue weighted by atomic mass is 10.4. The number of hydrogen-bond donors (Lipinski definition) is 1. The van der Waals surface area contributed by atoms with E-state index in [1.54, 1.807) is 6.26 Å². The van der Waals surface area contributed by atoms with E-state index >= 15 is 0 Å². The molecule has 0 fully saturated rings. The second-order valence-corrected chi connectivity index (χ2v) is 4.04. The maximum atomic E-state index is 7.90. The Bertz CT molecular complexity index is 394. The first-order valence-electron chi connectivity index (χ1n) is 3.92. The molecular weight excluding hydrogens is 182 g/mol. The van der Waals surface area contributed by atoms with Crippen molar-refractivity contribution in [3.63, 3.8) is 0 Å². The molecule has 0 aliphatic rings. The topological polar surface area (TPSA) is 37.0 Å². The molecule has 1 N–H and O–H groups in total. The van der Waals surface area contributed by atoms with Crippen LogP contribution < -0.4 is 0 Å². The Morgan fingerprint density at radius 2 is 1.77 bits per heavy atom. The molecule has 2 aromatic rings. The first kappa shape index (κ1) is 8.26. The van der Waals surface area contributed by atoms with E-state index < -0.39 is 10.7 Å². The Morgan fingerprint density at radius 1 is 1.00 bits per heavy atom. The fraction of sp³-hybridized carbons (Fsp3) is 0. The second-order valence-electron chi connectivity index (χ2n) is 2.55. The predicted molar refractivity (Wildman–Crippen MR) is 51.8 cm³/mol. The molecule has 2 rings (SSSR count). The van der Waals surface area contributed by atoms with Crippen molar-refractivity contribution in [2.45, 2.75) is 9.99 Å². The van der Waals surface area contributed by atoms with Gasteiger partial charge in [-0.05, 0) is 35.0 Å². The van der Waals surface area contributed by atoms with Gasteiger partial charge in [0, 0.05) is 4.90 Å². The first-order chi connectivity index (χ1) is 6.38. The maximum absolute atomic E-state index is 7.90. The molecule has 0 aliphatic carbocycles. The van der Waals surface area contributed by atoms with Gasteiger partial charge in [-0.3, -0.25) is 4.78 Å². The monoisotopic (exact) mass is 191 g/mol. The van der Waals surface area contributed by atoms with Crippen molar-refractivity contribution in [2.24, 2.45) is 0 Å². The maximum Gasteiger partial charge on any atom is 0.174 e. The van der Waals surface area contributed by atoms with Crippen LogP contribution in [0.1, 0.15) is 0 Å². The summed E-state index contributed by atoms with van der Waals surface area (Å²) < 4.78 is 13.1. The lowest BCUT2D eigenvalue weighted by molar-refractivity contribution is 0.472. The van der Waals surface area contributed by atoms with Crippen LogP contribution in [-0.2, 0) is 10.7 Å². The fourth-order valence-corrected chi connectivity index (χ4v) is 2.08. The van der Waals surface area contributed by atoms with Crippen LogP contribution in [0.5, 0.6) is 0 Å². The summed E-state index contributed by atoms with van der Waals surface area (Å²) in [5, 5.41) is 0.714. The lowest BCUT2D eigenvalue weighted by Crippen LogP contribution is -1.86. The van der Waals surface area contributed by atoms with Crippen molar-refractivity contribution in [3.05, 3.63) is 48.7 Å². The van der Waals surface area contributed by atoms with Gasteiger partial charge in [0.2, 0.25) is 0 Å². The lowest BCUT2D eigenvalue weighted by Gasteiger charge is -2.00. The van der Waals surface area contributed by atoms with Crippen LogP contribution in [0, 0.1) is 4.78 Å². The summed E-state index contributed by atoms with van der Waals surface area (Å²) in [5.74, 6) is 0. The molecule has 1 unspecified atom stereocenters. The molecule has 0 bridgehead atoms. The zero-order chi connectivity index (χ0) is 9.10. The van der Waals surface area contributed by atoms with Crippen LogP contribution in [0.3, 0.4) is 0 Å². The van der Waals surface area contributed by atoms with Crippen LogP contribution in [0.4, 0.5) is 0 Å². The largest absolute Gasteiger partial charge is 0.457 e. The number of hydrogen-bond acceptors (Lipinski definition) is 2. The van der Waals surface area contributed by atoms with E-state index in [-0.39, 0.29) is 0 Å². The van der Waals surface area contributed by atoms with Gasteiger partial charge in [0.15, 0.2) is 5.09 Å². The van der Waals surface area contributed by atoms with E-state index in [4.69, 9.17) is 9.20 Å². The summed E-state index contributed by atoms with van der Waals surface area (Å²) in [7, 11) is -0.682. The number of nitrogens with one attached hydrogen (secondary N) is 1. The first-order valence-corrected chi connectivity index (χ1v) is 5.14. The molecule has 0 radical (unpaired) electrons. The Morgan fingerprint density at radius 3 is 2.38 bits per heavy atom. The average Bonchev–Trinajstić information content (AvgIpc) is 2.71. The molecule has 2 nitrogen and oxygen atoms in total. The molecule has 1 aromatic carbocycles. The summed E-state index contributed by atoms with van der Waals surface area (Å²) in [6.07, 6.45) is 1.60. The molecule has 0 spiro atoms. The van der Waals surface area contributed by atoms with Crippen LogP contribution in [0.25, 0.3) is 0 Å². The number of furan rings is 1. The quantitative estimate of drug-likeness (QED) is 0.778. The highest BCUT2D eigenvalue weighted by molar-refractivity contribution is 7.86. The van der Waals surface area contributed by atoms with Crippen molar-refractivity contribution in [1.29, 1.82) is 4.78 Å². The molecule has 13 heavy (non-hydrogen) atoms. The summed E-state index contributed by atoms with van der Waals surface area (Å²) >= 11 is 0. The van der Waals surface area contributed by atoms with Gasteiger partial charge in [0.25, 0.3) is 0 Å². The molecule has 3 heteroatoms. The zero-order valence-electron chi connectivity index (χ0n) is 6.94. The standard InChI is InChI=1S/C10H9NOS/c11-13(10-7-4-8-12-10)9-5-2-1-3-6-9/h1-8,11H.